The van der Waals surface area contributed by atoms with E-state index in [9.17, 15) is 24.1 Å². The van der Waals surface area contributed by atoms with Gasteiger partial charge in [-0.25, -0.2) is 4.39 Å². The van der Waals surface area contributed by atoms with E-state index in [1.807, 2.05) is 4.90 Å². The Bertz CT molecular complexity index is 1010. The lowest BCUT2D eigenvalue weighted by molar-refractivity contribution is -0.384. The molecular formula is C22H24FN3O5. The molecule has 2 aromatic rings. The van der Waals surface area contributed by atoms with E-state index in [2.05, 4.69) is 5.32 Å². The van der Waals surface area contributed by atoms with Crippen LogP contribution in [0.3, 0.4) is 0 Å². The van der Waals surface area contributed by atoms with E-state index in [4.69, 9.17) is 4.74 Å². The van der Waals surface area contributed by atoms with Gasteiger partial charge in [0.25, 0.3) is 11.6 Å². The maximum atomic E-state index is 13.8. The minimum Gasteiger partial charge on any atom is -0.469 e. The molecule has 0 bridgehead atoms. The first-order valence-electron chi connectivity index (χ1n) is 9.92. The third kappa shape index (κ3) is 4.99. The van der Waals surface area contributed by atoms with Crippen molar-refractivity contribution < 1.29 is 23.6 Å². The van der Waals surface area contributed by atoms with Gasteiger partial charge in [-0.1, -0.05) is 12.1 Å². The SMILES string of the molecule is COC(=O)C[C@@](C)(NC(=O)c1ccc(N2CCCC2)c([N+](=O)[O-])c1)c1cccc(F)c1. The molecule has 9 heteroatoms. The van der Waals surface area contributed by atoms with Gasteiger partial charge in [-0.2, -0.15) is 0 Å². The Labute approximate surface area is 179 Å². The van der Waals surface area contributed by atoms with Crippen molar-refractivity contribution in [1.82, 2.24) is 5.32 Å². The lowest BCUT2D eigenvalue weighted by Crippen LogP contribution is -2.45. The molecule has 3 rings (SSSR count). The van der Waals surface area contributed by atoms with Crippen LogP contribution in [0, 0.1) is 15.9 Å². The molecule has 1 aliphatic rings. The van der Waals surface area contributed by atoms with Gasteiger partial charge in [0.05, 0.1) is 24.0 Å². The van der Waals surface area contributed by atoms with Crippen molar-refractivity contribution in [2.75, 3.05) is 25.1 Å². The highest BCUT2D eigenvalue weighted by Crippen LogP contribution is 2.32. The summed E-state index contributed by atoms with van der Waals surface area (Å²) in [6.45, 7) is 3.02. The maximum absolute atomic E-state index is 13.8. The monoisotopic (exact) mass is 429 g/mol. The van der Waals surface area contributed by atoms with Crippen LogP contribution in [-0.2, 0) is 15.1 Å². The van der Waals surface area contributed by atoms with Gasteiger partial charge in [0.2, 0.25) is 0 Å². The number of methoxy groups -OCH3 is 1. The summed E-state index contributed by atoms with van der Waals surface area (Å²) >= 11 is 0. The van der Waals surface area contributed by atoms with Gasteiger partial charge >= 0.3 is 5.97 Å². The molecule has 2 aromatic carbocycles. The summed E-state index contributed by atoms with van der Waals surface area (Å²) in [5, 5.41) is 14.4. The molecule has 0 aliphatic carbocycles. The van der Waals surface area contributed by atoms with Crippen molar-refractivity contribution in [3.05, 3.63) is 69.5 Å². The molecule has 1 N–H and O–H groups in total. The predicted octanol–water partition coefficient (Wildman–Crippen LogP) is 3.54. The van der Waals surface area contributed by atoms with Gasteiger partial charge < -0.3 is 15.0 Å². The number of benzene rings is 2. The number of hydrogen-bond acceptors (Lipinski definition) is 6. The molecule has 1 heterocycles. The molecule has 0 aromatic heterocycles. The second kappa shape index (κ2) is 9.11. The Morgan fingerprint density at radius 2 is 1.94 bits per heavy atom. The summed E-state index contributed by atoms with van der Waals surface area (Å²) in [5.74, 6) is -1.73. The fourth-order valence-electron chi connectivity index (χ4n) is 3.77. The van der Waals surface area contributed by atoms with E-state index in [1.54, 1.807) is 19.1 Å². The lowest BCUT2D eigenvalue weighted by atomic mass is 9.88. The van der Waals surface area contributed by atoms with Crippen LogP contribution < -0.4 is 10.2 Å². The summed E-state index contributed by atoms with van der Waals surface area (Å²) in [7, 11) is 1.22. The highest BCUT2D eigenvalue weighted by atomic mass is 19.1. The van der Waals surface area contributed by atoms with Crippen molar-refractivity contribution in [3.8, 4) is 0 Å². The predicted molar refractivity (Wildman–Crippen MR) is 112 cm³/mol. The number of halogens is 1. The van der Waals surface area contributed by atoms with E-state index in [1.165, 1.54) is 37.4 Å². The first kappa shape index (κ1) is 22.2. The van der Waals surface area contributed by atoms with Crippen molar-refractivity contribution in [1.29, 1.82) is 0 Å². The zero-order chi connectivity index (χ0) is 22.6. The first-order chi connectivity index (χ1) is 14.7. The average molecular weight is 429 g/mol. The number of esters is 1. The summed E-state index contributed by atoms with van der Waals surface area (Å²) in [4.78, 5) is 38.0. The Balaban J connectivity index is 1.93. The normalized spacial score (nSPS) is 15.3. The highest BCUT2D eigenvalue weighted by Gasteiger charge is 2.33. The minimum atomic E-state index is -1.28. The van der Waals surface area contributed by atoms with Crippen LogP contribution in [0.15, 0.2) is 42.5 Å². The number of anilines is 1. The number of carbonyl (C=O) groups is 2. The molecular weight excluding hydrogens is 405 g/mol. The largest absolute Gasteiger partial charge is 0.469 e. The maximum Gasteiger partial charge on any atom is 0.308 e. The van der Waals surface area contributed by atoms with Gasteiger partial charge in [-0.05, 0) is 49.6 Å². The molecule has 8 nitrogen and oxygen atoms in total. The third-order valence-corrected chi connectivity index (χ3v) is 5.46. The Morgan fingerprint density at radius 1 is 1.23 bits per heavy atom. The van der Waals surface area contributed by atoms with Crippen molar-refractivity contribution in [2.45, 2.75) is 31.7 Å². The van der Waals surface area contributed by atoms with E-state index >= 15 is 0 Å². The number of nitrogens with one attached hydrogen (secondary N) is 1. The fourth-order valence-corrected chi connectivity index (χ4v) is 3.77. The topological polar surface area (TPSA) is 102 Å². The van der Waals surface area contributed by atoms with Crippen LogP contribution in [-0.4, -0.2) is 37.0 Å². The number of ether oxygens (including phenoxy) is 1. The molecule has 1 fully saturated rings. The van der Waals surface area contributed by atoms with Gasteiger partial charge in [0.1, 0.15) is 11.5 Å². The molecule has 1 amide bonds. The van der Waals surface area contributed by atoms with Gasteiger partial charge in [0, 0.05) is 24.7 Å². The molecule has 1 aliphatic heterocycles. The third-order valence-electron chi connectivity index (χ3n) is 5.46. The number of hydrogen-bond donors (Lipinski definition) is 1. The molecule has 0 spiro atoms. The van der Waals surface area contributed by atoms with Crippen LogP contribution in [0.1, 0.15) is 42.1 Å². The molecule has 1 saturated heterocycles. The second-order valence-electron chi connectivity index (χ2n) is 7.70. The number of nitro benzene ring substituents is 1. The number of nitro groups is 1. The van der Waals surface area contributed by atoms with Crippen molar-refractivity contribution in [3.63, 3.8) is 0 Å². The Morgan fingerprint density at radius 3 is 2.55 bits per heavy atom. The lowest BCUT2D eigenvalue weighted by Gasteiger charge is -2.30. The summed E-state index contributed by atoms with van der Waals surface area (Å²) in [6.07, 6.45) is 1.67. The van der Waals surface area contributed by atoms with Crippen LogP contribution in [0.4, 0.5) is 15.8 Å². The van der Waals surface area contributed by atoms with Crippen molar-refractivity contribution in [2.24, 2.45) is 0 Å². The van der Waals surface area contributed by atoms with Crippen LogP contribution in [0.25, 0.3) is 0 Å². The Kier molecular flexibility index (Phi) is 6.53. The quantitative estimate of drug-likeness (QED) is 0.410. The molecule has 164 valence electrons. The molecule has 0 unspecified atom stereocenters. The van der Waals surface area contributed by atoms with E-state index < -0.39 is 28.2 Å². The minimum absolute atomic E-state index is 0.0714. The summed E-state index contributed by atoms with van der Waals surface area (Å²) in [6, 6.07) is 9.85. The van der Waals surface area contributed by atoms with Crippen molar-refractivity contribution >= 4 is 23.3 Å². The average Bonchev–Trinajstić information content (AvgIpc) is 3.27. The first-order valence-corrected chi connectivity index (χ1v) is 9.92. The van der Waals surface area contributed by atoms with Crippen LogP contribution >= 0.6 is 0 Å². The van der Waals surface area contributed by atoms with E-state index in [0.29, 0.717) is 11.3 Å². The second-order valence-corrected chi connectivity index (χ2v) is 7.70. The molecule has 31 heavy (non-hydrogen) atoms. The Hall–Kier alpha value is -3.49. The van der Waals surface area contributed by atoms with E-state index in [0.717, 1.165) is 25.9 Å². The summed E-state index contributed by atoms with van der Waals surface area (Å²) < 4.78 is 18.5. The number of amides is 1. The van der Waals surface area contributed by atoms with Crippen LogP contribution in [0.2, 0.25) is 0 Å². The van der Waals surface area contributed by atoms with Gasteiger partial charge in [0.15, 0.2) is 0 Å². The van der Waals surface area contributed by atoms with E-state index in [-0.39, 0.29) is 17.7 Å². The standard InChI is InChI=1S/C22H24FN3O5/c1-22(14-20(27)31-2,16-6-5-7-17(23)13-16)24-21(28)15-8-9-18(19(12-15)26(29)30)25-10-3-4-11-25/h5-9,12-13H,3-4,10-11,14H2,1-2H3,(H,24,28)/t22-/m1/s1. The number of carbonyl (C=O) groups excluding carboxylic acids is 2. The zero-order valence-corrected chi connectivity index (χ0v) is 17.4. The van der Waals surface area contributed by atoms with Gasteiger partial charge in [-0.15, -0.1) is 0 Å². The molecule has 0 saturated carbocycles. The molecule has 0 radical (unpaired) electrons. The summed E-state index contributed by atoms with van der Waals surface area (Å²) in [5.41, 5.74) is -0.526. The number of nitrogens with zero attached hydrogens (tertiary/aromatic N) is 2. The fraction of sp³-hybridized carbons (Fsp3) is 0.364. The zero-order valence-electron chi connectivity index (χ0n) is 17.4. The highest BCUT2D eigenvalue weighted by molar-refractivity contribution is 5.96. The van der Waals surface area contributed by atoms with Crippen LogP contribution in [0.5, 0.6) is 0 Å². The molecule has 1 atom stereocenters. The number of rotatable bonds is 7. The van der Waals surface area contributed by atoms with Gasteiger partial charge in [-0.3, -0.25) is 19.7 Å². The smallest absolute Gasteiger partial charge is 0.308 e.